The van der Waals surface area contributed by atoms with Crippen LogP contribution < -0.4 is 5.73 Å². The van der Waals surface area contributed by atoms with Gasteiger partial charge in [0.25, 0.3) is 0 Å². The van der Waals surface area contributed by atoms with Crippen LogP contribution in [0.3, 0.4) is 0 Å². The second kappa shape index (κ2) is 6.47. The lowest BCUT2D eigenvalue weighted by atomic mass is 9.72. The second-order valence-corrected chi connectivity index (χ2v) is 5.41. The first-order valence-corrected chi connectivity index (χ1v) is 6.97. The zero-order valence-corrected chi connectivity index (χ0v) is 13.0. The molecule has 0 aliphatic heterocycles. The van der Waals surface area contributed by atoms with Gasteiger partial charge in [-0.1, -0.05) is 17.2 Å². The molecule has 0 aromatic heterocycles. The number of rotatable bonds is 3. The van der Waals surface area contributed by atoms with Crippen LogP contribution in [0.2, 0.25) is 0 Å². The van der Waals surface area contributed by atoms with Gasteiger partial charge < -0.3 is 15.9 Å². The highest BCUT2D eigenvalue weighted by atomic mass is 19.4. The number of halogens is 6. The third-order valence-electron chi connectivity index (χ3n) is 3.87. The summed E-state index contributed by atoms with van der Waals surface area (Å²) in [6.45, 7) is 0. The first-order valence-electron chi connectivity index (χ1n) is 6.97. The third-order valence-corrected chi connectivity index (χ3v) is 3.87. The largest absolute Gasteiger partial charge is 0.507 e. The first kappa shape index (κ1) is 20.0. The molecule has 0 fully saturated rings. The average molecular weight is 392 g/mol. The van der Waals surface area contributed by atoms with Crippen LogP contribution in [-0.4, -0.2) is 22.6 Å². The number of benzene rings is 2. The van der Waals surface area contributed by atoms with Gasteiger partial charge in [-0.3, -0.25) is 0 Å². The SMILES string of the molecule is [N-]=[N+]=Nc1cc(C(c2ccc(O)c(N)c2)(C(F)(F)F)C(F)(F)F)ccc1O. The lowest BCUT2D eigenvalue weighted by Crippen LogP contribution is -2.54. The Bertz CT molecular complexity index is 905. The van der Waals surface area contributed by atoms with E-state index in [4.69, 9.17) is 11.3 Å². The highest BCUT2D eigenvalue weighted by Crippen LogP contribution is 2.57. The monoisotopic (exact) mass is 392 g/mol. The molecule has 6 nitrogen and oxygen atoms in total. The molecule has 0 aliphatic rings. The fraction of sp³-hybridized carbons (Fsp3) is 0.200. The Balaban J connectivity index is 2.99. The van der Waals surface area contributed by atoms with Gasteiger partial charge in [-0.15, -0.1) is 0 Å². The molecule has 0 saturated carbocycles. The van der Waals surface area contributed by atoms with Crippen LogP contribution >= 0.6 is 0 Å². The van der Waals surface area contributed by atoms with Crippen LogP contribution in [0.5, 0.6) is 11.5 Å². The van der Waals surface area contributed by atoms with Gasteiger partial charge in [0, 0.05) is 4.91 Å². The summed E-state index contributed by atoms with van der Waals surface area (Å²) in [7, 11) is 0. The Kier molecular flexibility index (Phi) is 4.80. The molecule has 144 valence electrons. The van der Waals surface area contributed by atoms with Gasteiger partial charge in [-0.2, -0.15) is 26.3 Å². The molecule has 0 amide bonds. The Morgan fingerprint density at radius 2 is 1.33 bits per heavy atom. The van der Waals surface area contributed by atoms with Gasteiger partial charge in [-0.05, 0) is 40.9 Å². The van der Waals surface area contributed by atoms with E-state index in [1.165, 1.54) is 0 Å². The zero-order valence-electron chi connectivity index (χ0n) is 13.0. The van der Waals surface area contributed by atoms with E-state index >= 15 is 0 Å². The maximum atomic E-state index is 13.9. The second-order valence-electron chi connectivity index (χ2n) is 5.41. The molecular weight excluding hydrogens is 382 g/mol. The molecule has 0 bridgehead atoms. The molecule has 0 aliphatic carbocycles. The average Bonchev–Trinajstić information content (AvgIpc) is 2.52. The molecule has 0 unspecified atom stereocenters. The summed E-state index contributed by atoms with van der Waals surface area (Å²) < 4.78 is 83.4. The minimum Gasteiger partial charge on any atom is -0.507 e. The summed E-state index contributed by atoms with van der Waals surface area (Å²) in [5, 5.41) is 21.8. The number of hydrogen-bond acceptors (Lipinski definition) is 4. The summed E-state index contributed by atoms with van der Waals surface area (Å²) in [5.41, 5.74) is 4.95. The van der Waals surface area contributed by atoms with Gasteiger partial charge in [0.15, 0.2) is 0 Å². The summed E-state index contributed by atoms with van der Waals surface area (Å²) in [6.07, 6.45) is -11.8. The number of hydrogen-bond donors (Lipinski definition) is 3. The minimum absolute atomic E-state index is 0.291. The molecule has 12 heteroatoms. The lowest BCUT2D eigenvalue weighted by Gasteiger charge is -2.38. The van der Waals surface area contributed by atoms with Crippen molar-refractivity contribution in [2.45, 2.75) is 17.8 Å². The van der Waals surface area contributed by atoms with Crippen LogP contribution in [0.4, 0.5) is 37.7 Å². The zero-order chi connectivity index (χ0) is 20.6. The molecule has 0 spiro atoms. The first-order chi connectivity index (χ1) is 12.4. The smallest absolute Gasteiger partial charge is 0.411 e. The summed E-state index contributed by atoms with van der Waals surface area (Å²) in [6, 6.07) is 2.65. The lowest BCUT2D eigenvalue weighted by molar-refractivity contribution is -0.288. The predicted molar refractivity (Wildman–Crippen MR) is 82.3 cm³/mol. The van der Waals surface area contributed by atoms with E-state index in [0.717, 1.165) is 0 Å². The van der Waals surface area contributed by atoms with Crippen molar-refractivity contribution in [2.24, 2.45) is 5.11 Å². The van der Waals surface area contributed by atoms with Crippen molar-refractivity contribution in [1.82, 2.24) is 0 Å². The molecule has 4 N–H and O–H groups in total. The van der Waals surface area contributed by atoms with E-state index in [2.05, 4.69) is 10.0 Å². The van der Waals surface area contributed by atoms with Gasteiger partial charge in [0.1, 0.15) is 11.5 Å². The predicted octanol–water partition coefficient (Wildman–Crippen LogP) is 5.03. The molecule has 0 radical (unpaired) electrons. The highest BCUT2D eigenvalue weighted by molar-refractivity contribution is 5.60. The van der Waals surface area contributed by atoms with Crippen LogP contribution in [0.1, 0.15) is 11.1 Å². The quantitative estimate of drug-likeness (QED) is 0.170. The highest BCUT2D eigenvalue weighted by Gasteiger charge is 2.72. The number of nitrogens with two attached hydrogens (primary N) is 1. The van der Waals surface area contributed by atoms with E-state index < -0.39 is 51.8 Å². The van der Waals surface area contributed by atoms with Gasteiger partial charge in [0.2, 0.25) is 5.41 Å². The molecule has 2 aromatic rings. The molecule has 0 heterocycles. The van der Waals surface area contributed by atoms with Gasteiger partial charge in [-0.25, -0.2) is 0 Å². The Labute approximate surface area is 147 Å². The van der Waals surface area contributed by atoms with Crippen LogP contribution in [-0.2, 0) is 5.41 Å². The van der Waals surface area contributed by atoms with E-state index in [1.54, 1.807) is 0 Å². The van der Waals surface area contributed by atoms with Crippen LogP contribution in [0.15, 0.2) is 41.5 Å². The van der Waals surface area contributed by atoms with Gasteiger partial charge >= 0.3 is 12.4 Å². The third kappa shape index (κ3) is 3.14. The molecule has 2 aromatic carbocycles. The minimum atomic E-state index is -5.90. The van der Waals surface area contributed by atoms with Crippen LogP contribution in [0, 0.1) is 0 Å². The number of nitrogen functional groups attached to an aromatic ring is 1. The van der Waals surface area contributed by atoms with Gasteiger partial charge in [0.05, 0.1) is 11.4 Å². The van der Waals surface area contributed by atoms with Crippen molar-refractivity contribution < 1.29 is 36.6 Å². The van der Waals surface area contributed by atoms with Crippen molar-refractivity contribution in [3.05, 3.63) is 58.0 Å². The molecule has 27 heavy (non-hydrogen) atoms. The number of phenols is 2. The maximum absolute atomic E-state index is 13.9. The number of azide groups is 1. The Hall–Kier alpha value is -3.27. The summed E-state index contributed by atoms with van der Waals surface area (Å²) >= 11 is 0. The Morgan fingerprint density at radius 3 is 1.78 bits per heavy atom. The van der Waals surface area contributed by atoms with E-state index in [0.29, 0.717) is 36.4 Å². The fourth-order valence-corrected chi connectivity index (χ4v) is 2.65. The maximum Gasteiger partial charge on any atom is 0.411 e. The van der Waals surface area contributed by atoms with Crippen molar-refractivity contribution in [3.63, 3.8) is 0 Å². The number of anilines is 1. The number of phenolic OH excluding ortho intramolecular Hbond substituents is 2. The number of nitrogens with zero attached hydrogens (tertiary/aromatic N) is 3. The van der Waals surface area contributed by atoms with Crippen molar-refractivity contribution in [3.8, 4) is 11.5 Å². The number of aromatic hydroxyl groups is 2. The van der Waals surface area contributed by atoms with Crippen molar-refractivity contribution in [2.75, 3.05) is 5.73 Å². The van der Waals surface area contributed by atoms with E-state index in [-0.39, 0.29) is 0 Å². The molecule has 2 rings (SSSR count). The van der Waals surface area contributed by atoms with E-state index in [1.807, 2.05) is 0 Å². The summed E-state index contributed by atoms with van der Waals surface area (Å²) in [4.78, 5) is 2.26. The van der Waals surface area contributed by atoms with Crippen molar-refractivity contribution in [1.29, 1.82) is 0 Å². The van der Waals surface area contributed by atoms with E-state index in [9.17, 15) is 36.6 Å². The topological polar surface area (TPSA) is 115 Å². The summed E-state index contributed by atoms with van der Waals surface area (Å²) in [5.74, 6) is -1.50. The Morgan fingerprint density at radius 1 is 0.852 bits per heavy atom. The fourth-order valence-electron chi connectivity index (χ4n) is 2.65. The normalized spacial score (nSPS) is 12.5. The molecule has 0 atom stereocenters. The standard InChI is InChI=1S/C15H10F6N4O2/c16-14(17,18)13(15(19,20)21,7-1-3-11(26)9(22)5-7)8-2-4-12(27)10(6-8)24-25-23/h1-6,26-27H,22H2. The van der Waals surface area contributed by atoms with Crippen molar-refractivity contribution >= 4 is 11.4 Å². The molecular formula is C15H10F6N4O2. The molecule has 0 saturated heterocycles. The number of alkyl halides is 6. The van der Waals surface area contributed by atoms with Crippen LogP contribution in [0.25, 0.3) is 10.4 Å².